The van der Waals surface area contributed by atoms with Crippen LogP contribution in [0.15, 0.2) is 18.3 Å². The summed E-state index contributed by atoms with van der Waals surface area (Å²) in [4.78, 5) is 28.2. The van der Waals surface area contributed by atoms with Gasteiger partial charge in [-0.3, -0.25) is 14.6 Å². The zero-order chi connectivity index (χ0) is 16.8. The van der Waals surface area contributed by atoms with E-state index in [1.54, 1.807) is 12.1 Å². The lowest BCUT2D eigenvalue weighted by Gasteiger charge is -2.11. The van der Waals surface area contributed by atoms with E-state index in [9.17, 15) is 9.59 Å². The van der Waals surface area contributed by atoms with Gasteiger partial charge in [-0.15, -0.1) is 0 Å². The standard InChI is InChI=1S/C17H23N3O4/c21-16(19-10-13-3-1-7-23-13)12-5-6-15(18-9-12)17(22)20-11-14-4-2-8-24-14/h5-6,9,13-14H,1-4,7-8,10-11H2,(H,19,21)(H,20,22)/t13-,14-/m1/s1. The van der Waals surface area contributed by atoms with Gasteiger partial charge in [-0.25, -0.2) is 0 Å². The number of nitrogens with one attached hydrogen (secondary N) is 2. The van der Waals surface area contributed by atoms with Gasteiger partial charge in [0.15, 0.2) is 0 Å². The molecule has 0 unspecified atom stereocenters. The number of carbonyl (C=O) groups is 2. The highest BCUT2D eigenvalue weighted by Crippen LogP contribution is 2.12. The SMILES string of the molecule is O=C(NC[C@H]1CCCO1)c1ccc(C(=O)NC[C@H]2CCCO2)nc1. The number of hydrogen-bond donors (Lipinski definition) is 2. The zero-order valence-electron chi connectivity index (χ0n) is 13.6. The van der Waals surface area contributed by atoms with Crippen molar-refractivity contribution in [3.8, 4) is 0 Å². The van der Waals surface area contributed by atoms with E-state index < -0.39 is 0 Å². The van der Waals surface area contributed by atoms with E-state index in [4.69, 9.17) is 9.47 Å². The van der Waals surface area contributed by atoms with E-state index >= 15 is 0 Å². The van der Waals surface area contributed by atoms with Crippen LogP contribution in [0.3, 0.4) is 0 Å². The summed E-state index contributed by atoms with van der Waals surface area (Å²) in [5.74, 6) is -0.457. The summed E-state index contributed by atoms with van der Waals surface area (Å²) in [6, 6.07) is 3.17. The quantitative estimate of drug-likeness (QED) is 0.807. The van der Waals surface area contributed by atoms with Gasteiger partial charge in [0, 0.05) is 32.5 Å². The van der Waals surface area contributed by atoms with Gasteiger partial charge < -0.3 is 20.1 Å². The van der Waals surface area contributed by atoms with Gasteiger partial charge in [-0.2, -0.15) is 0 Å². The molecule has 130 valence electrons. The molecule has 0 radical (unpaired) electrons. The van der Waals surface area contributed by atoms with Gasteiger partial charge in [0.25, 0.3) is 11.8 Å². The van der Waals surface area contributed by atoms with E-state index in [2.05, 4.69) is 15.6 Å². The van der Waals surface area contributed by atoms with Gasteiger partial charge >= 0.3 is 0 Å². The Morgan fingerprint density at radius 2 is 1.62 bits per heavy atom. The Hall–Kier alpha value is -1.99. The zero-order valence-corrected chi connectivity index (χ0v) is 13.6. The van der Waals surface area contributed by atoms with Gasteiger partial charge in [0.2, 0.25) is 0 Å². The van der Waals surface area contributed by atoms with Crippen molar-refractivity contribution in [2.45, 2.75) is 37.9 Å². The van der Waals surface area contributed by atoms with Crippen molar-refractivity contribution in [3.63, 3.8) is 0 Å². The van der Waals surface area contributed by atoms with Crippen LogP contribution in [0.4, 0.5) is 0 Å². The molecule has 1 aromatic heterocycles. The summed E-state index contributed by atoms with van der Waals surface area (Å²) in [6.45, 7) is 2.51. The lowest BCUT2D eigenvalue weighted by molar-refractivity contribution is 0.0847. The van der Waals surface area contributed by atoms with E-state index in [1.165, 1.54) is 6.20 Å². The molecule has 0 aliphatic carbocycles. The molecule has 2 saturated heterocycles. The second kappa shape index (κ2) is 8.21. The number of carbonyl (C=O) groups excluding carboxylic acids is 2. The van der Waals surface area contributed by atoms with Crippen LogP contribution in [-0.4, -0.2) is 55.3 Å². The van der Waals surface area contributed by atoms with Gasteiger partial charge in [-0.05, 0) is 37.8 Å². The fourth-order valence-electron chi connectivity index (χ4n) is 2.88. The van der Waals surface area contributed by atoms with Crippen LogP contribution < -0.4 is 10.6 Å². The summed E-state index contributed by atoms with van der Waals surface area (Å²) < 4.78 is 10.9. The molecule has 24 heavy (non-hydrogen) atoms. The maximum atomic E-state index is 12.1. The first-order valence-corrected chi connectivity index (χ1v) is 8.48. The molecule has 2 N–H and O–H groups in total. The fourth-order valence-corrected chi connectivity index (χ4v) is 2.88. The van der Waals surface area contributed by atoms with Crippen molar-refractivity contribution in [1.29, 1.82) is 0 Å². The highest BCUT2D eigenvalue weighted by atomic mass is 16.5. The molecule has 2 amide bonds. The molecule has 0 bridgehead atoms. The first-order chi connectivity index (χ1) is 11.7. The van der Waals surface area contributed by atoms with Crippen molar-refractivity contribution in [2.75, 3.05) is 26.3 Å². The third kappa shape index (κ3) is 4.52. The molecule has 0 aromatic carbocycles. The summed E-state index contributed by atoms with van der Waals surface area (Å²) >= 11 is 0. The molecule has 1 aromatic rings. The Labute approximate surface area is 141 Å². The Bertz CT molecular complexity index is 513. The van der Waals surface area contributed by atoms with Crippen LogP contribution in [0.5, 0.6) is 0 Å². The van der Waals surface area contributed by atoms with Crippen LogP contribution in [0.2, 0.25) is 0 Å². The number of rotatable bonds is 6. The molecule has 3 rings (SSSR count). The van der Waals surface area contributed by atoms with Crippen molar-refractivity contribution >= 4 is 11.8 Å². The highest BCUT2D eigenvalue weighted by Gasteiger charge is 2.18. The molecular formula is C17H23N3O4. The largest absolute Gasteiger partial charge is 0.376 e. The number of amides is 2. The lowest BCUT2D eigenvalue weighted by Crippen LogP contribution is -2.33. The van der Waals surface area contributed by atoms with Crippen molar-refractivity contribution in [3.05, 3.63) is 29.6 Å². The average Bonchev–Trinajstić information content (AvgIpc) is 3.31. The minimum absolute atomic E-state index is 0.0943. The van der Waals surface area contributed by atoms with Crippen LogP contribution in [-0.2, 0) is 9.47 Å². The number of ether oxygens (including phenoxy) is 2. The second-order valence-electron chi connectivity index (χ2n) is 6.12. The van der Waals surface area contributed by atoms with Crippen molar-refractivity contribution < 1.29 is 19.1 Å². The summed E-state index contributed by atoms with van der Waals surface area (Å²) in [7, 11) is 0. The van der Waals surface area contributed by atoms with Gasteiger partial charge in [0.05, 0.1) is 17.8 Å². The van der Waals surface area contributed by atoms with Gasteiger partial charge in [0.1, 0.15) is 5.69 Å². The minimum atomic E-state index is -0.253. The Morgan fingerprint density at radius 3 is 2.12 bits per heavy atom. The van der Waals surface area contributed by atoms with Gasteiger partial charge in [-0.1, -0.05) is 0 Å². The lowest BCUT2D eigenvalue weighted by atomic mass is 10.2. The molecule has 7 nitrogen and oxygen atoms in total. The molecule has 0 saturated carbocycles. The van der Waals surface area contributed by atoms with Crippen LogP contribution in [0, 0.1) is 0 Å². The van der Waals surface area contributed by atoms with E-state index in [1.807, 2.05) is 0 Å². The van der Waals surface area contributed by atoms with Crippen LogP contribution >= 0.6 is 0 Å². The van der Waals surface area contributed by atoms with E-state index in [-0.39, 0.29) is 24.0 Å². The second-order valence-corrected chi connectivity index (χ2v) is 6.12. The summed E-state index contributed by atoms with van der Waals surface area (Å²) in [5, 5.41) is 5.64. The maximum Gasteiger partial charge on any atom is 0.269 e. The molecule has 2 aliphatic heterocycles. The normalized spacial score (nSPS) is 23.2. The Kier molecular flexibility index (Phi) is 5.77. The smallest absolute Gasteiger partial charge is 0.269 e. The number of pyridine rings is 1. The molecule has 7 heteroatoms. The molecule has 2 aliphatic rings. The predicted octanol–water partition coefficient (Wildman–Crippen LogP) is 0.899. The summed E-state index contributed by atoms with van der Waals surface area (Å²) in [5.41, 5.74) is 0.729. The first kappa shape index (κ1) is 16.9. The number of aromatic nitrogens is 1. The Balaban J connectivity index is 1.46. The molecule has 3 heterocycles. The maximum absolute atomic E-state index is 12.1. The van der Waals surface area contributed by atoms with E-state index in [0.717, 1.165) is 38.9 Å². The third-order valence-electron chi connectivity index (χ3n) is 4.29. The van der Waals surface area contributed by atoms with Crippen LogP contribution in [0.25, 0.3) is 0 Å². The highest BCUT2D eigenvalue weighted by molar-refractivity contribution is 5.96. The third-order valence-corrected chi connectivity index (χ3v) is 4.29. The van der Waals surface area contributed by atoms with Crippen LogP contribution in [0.1, 0.15) is 46.5 Å². The molecule has 2 atom stereocenters. The Morgan fingerprint density at radius 1 is 1.00 bits per heavy atom. The summed E-state index contributed by atoms with van der Waals surface area (Å²) in [6.07, 6.45) is 5.64. The predicted molar refractivity (Wildman–Crippen MR) is 86.9 cm³/mol. The van der Waals surface area contributed by atoms with Crippen molar-refractivity contribution in [2.24, 2.45) is 0 Å². The number of hydrogen-bond acceptors (Lipinski definition) is 5. The fraction of sp³-hybridized carbons (Fsp3) is 0.588. The van der Waals surface area contributed by atoms with Crippen molar-refractivity contribution in [1.82, 2.24) is 15.6 Å². The number of nitrogens with zero attached hydrogens (tertiary/aromatic N) is 1. The minimum Gasteiger partial charge on any atom is -0.376 e. The topological polar surface area (TPSA) is 89.5 Å². The molecule has 0 spiro atoms. The first-order valence-electron chi connectivity index (χ1n) is 8.48. The molecule has 2 fully saturated rings. The average molecular weight is 333 g/mol. The van der Waals surface area contributed by atoms with E-state index in [0.29, 0.717) is 24.3 Å². The molecular weight excluding hydrogens is 310 g/mol. The monoisotopic (exact) mass is 333 g/mol.